The highest BCUT2D eigenvalue weighted by atomic mass is 32.2. The minimum Gasteiger partial charge on any atom is -0.325 e. The van der Waals surface area contributed by atoms with Crippen molar-refractivity contribution in [1.82, 2.24) is 4.98 Å². The predicted octanol–water partition coefficient (Wildman–Crippen LogP) is 5.16. The summed E-state index contributed by atoms with van der Waals surface area (Å²) in [5.74, 6) is -0.790. The van der Waals surface area contributed by atoms with E-state index in [0.717, 1.165) is 28.8 Å². The number of carbonyl (C=O) groups excluding carboxylic acids is 1. The molecule has 28 heavy (non-hydrogen) atoms. The molecule has 0 bridgehead atoms. The van der Waals surface area contributed by atoms with Crippen LogP contribution in [0.1, 0.15) is 16.7 Å². The van der Waals surface area contributed by atoms with Gasteiger partial charge in [0.1, 0.15) is 11.1 Å². The van der Waals surface area contributed by atoms with E-state index in [2.05, 4.69) is 10.3 Å². The molecule has 3 aromatic rings. The number of benzene rings is 2. The molecule has 0 spiro atoms. The molecule has 0 aliphatic carbocycles. The second-order valence-electron chi connectivity index (χ2n) is 6.03. The van der Waals surface area contributed by atoms with Crippen LogP contribution in [0.4, 0.5) is 18.9 Å². The quantitative estimate of drug-likeness (QED) is 0.613. The molecule has 0 aliphatic rings. The number of anilines is 1. The zero-order valence-corrected chi connectivity index (χ0v) is 15.5. The average Bonchev–Trinajstić information content (AvgIpc) is 2.65. The van der Waals surface area contributed by atoms with Gasteiger partial charge in [0.05, 0.1) is 28.1 Å². The molecule has 142 valence electrons. The zero-order valence-electron chi connectivity index (χ0n) is 14.7. The second-order valence-corrected chi connectivity index (χ2v) is 6.99. The summed E-state index contributed by atoms with van der Waals surface area (Å²) in [5, 5.41) is 12.8. The van der Waals surface area contributed by atoms with Crippen molar-refractivity contribution >= 4 is 34.3 Å². The van der Waals surface area contributed by atoms with E-state index in [9.17, 15) is 23.2 Å². The van der Waals surface area contributed by atoms with Crippen LogP contribution < -0.4 is 5.32 Å². The van der Waals surface area contributed by atoms with E-state index < -0.39 is 17.6 Å². The molecule has 2 aromatic carbocycles. The third kappa shape index (κ3) is 4.43. The molecule has 3 rings (SSSR count). The van der Waals surface area contributed by atoms with E-state index >= 15 is 0 Å². The SMILES string of the molecule is Cc1ccc2cc(C#N)c(SCC(=O)Nc3ccccc3C(F)(F)F)nc2c1. The Morgan fingerprint density at radius 3 is 2.68 bits per heavy atom. The van der Waals surface area contributed by atoms with Crippen molar-refractivity contribution in [2.45, 2.75) is 18.1 Å². The lowest BCUT2D eigenvalue weighted by Crippen LogP contribution is -2.18. The Morgan fingerprint density at radius 1 is 1.21 bits per heavy atom. The number of rotatable bonds is 4. The van der Waals surface area contributed by atoms with Crippen molar-refractivity contribution < 1.29 is 18.0 Å². The summed E-state index contributed by atoms with van der Waals surface area (Å²) in [6.07, 6.45) is -4.57. The van der Waals surface area contributed by atoms with Crippen molar-refractivity contribution in [1.29, 1.82) is 5.26 Å². The lowest BCUT2D eigenvalue weighted by molar-refractivity contribution is -0.137. The van der Waals surface area contributed by atoms with E-state index in [4.69, 9.17) is 0 Å². The first-order chi connectivity index (χ1) is 13.3. The summed E-state index contributed by atoms with van der Waals surface area (Å²) in [6, 6.07) is 14.1. The van der Waals surface area contributed by atoms with E-state index in [1.54, 1.807) is 6.07 Å². The molecule has 8 heteroatoms. The average molecular weight is 401 g/mol. The summed E-state index contributed by atoms with van der Waals surface area (Å²) >= 11 is 1.01. The first kappa shape index (κ1) is 19.7. The number of nitrogens with zero attached hydrogens (tertiary/aromatic N) is 2. The summed E-state index contributed by atoms with van der Waals surface area (Å²) in [5.41, 5.74) is 0.782. The first-order valence-electron chi connectivity index (χ1n) is 8.18. The number of carbonyl (C=O) groups is 1. The highest BCUT2D eigenvalue weighted by Crippen LogP contribution is 2.34. The number of aromatic nitrogens is 1. The molecular formula is C20H14F3N3OS. The zero-order chi connectivity index (χ0) is 20.3. The topological polar surface area (TPSA) is 65.8 Å². The number of halogens is 3. The third-order valence-electron chi connectivity index (χ3n) is 3.91. The van der Waals surface area contributed by atoms with Crippen molar-refractivity contribution in [3.8, 4) is 6.07 Å². The van der Waals surface area contributed by atoms with E-state index in [1.165, 1.54) is 18.2 Å². The third-order valence-corrected chi connectivity index (χ3v) is 4.90. The fraction of sp³-hybridized carbons (Fsp3) is 0.150. The van der Waals surface area contributed by atoms with Gasteiger partial charge >= 0.3 is 6.18 Å². The first-order valence-corrected chi connectivity index (χ1v) is 9.17. The summed E-state index contributed by atoms with van der Waals surface area (Å²) in [7, 11) is 0. The molecule has 0 fully saturated rings. The number of nitriles is 1. The van der Waals surface area contributed by atoms with Crippen LogP contribution in [0.5, 0.6) is 0 Å². The Bertz CT molecular complexity index is 1090. The summed E-state index contributed by atoms with van der Waals surface area (Å²) in [4.78, 5) is 16.6. The molecule has 4 nitrogen and oxygen atoms in total. The van der Waals surface area contributed by atoms with Crippen molar-refractivity contribution in [2.75, 3.05) is 11.1 Å². The number of hydrogen-bond donors (Lipinski definition) is 1. The van der Waals surface area contributed by atoms with Crippen LogP contribution in [0.3, 0.4) is 0 Å². The lowest BCUT2D eigenvalue weighted by atomic mass is 10.1. The van der Waals surface area contributed by atoms with Crippen LogP contribution in [-0.4, -0.2) is 16.6 Å². The van der Waals surface area contributed by atoms with Crippen LogP contribution >= 0.6 is 11.8 Å². The highest BCUT2D eigenvalue weighted by molar-refractivity contribution is 8.00. The monoisotopic (exact) mass is 401 g/mol. The number of alkyl halides is 3. The maximum atomic E-state index is 13.0. The minimum absolute atomic E-state index is 0.175. The molecule has 0 saturated carbocycles. The number of amides is 1. The molecule has 0 radical (unpaired) electrons. The number of fused-ring (bicyclic) bond motifs is 1. The van der Waals surface area contributed by atoms with Crippen LogP contribution in [0.15, 0.2) is 53.6 Å². The molecule has 1 amide bonds. The molecule has 0 unspecified atom stereocenters. The Kier molecular flexibility index (Phi) is 5.56. The van der Waals surface area contributed by atoms with Gasteiger partial charge in [-0.25, -0.2) is 4.98 Å². The Morgan fingerprint density at radius 2 is 1.96 bits per heavy atom. The predicted molar refractivity (Wildman–Crippen MR) is 102 cm³/mol. The Balaban J connectivity index is 1.78. The molecular weight excluding hydrogens is 387 g/mol. The van der Waals surface area contributed by atoms with Crippen molar-refractivity contribution in [3.63, 3.8) is 0 Å². The van der Waals surface area contributed by atoms with E-state index in [0.29, 0.717) is 16.1 Å². The van der Waals surface area contributed by atoms with Crippen molar-refractivity contribution in [2.24, 2.45) is 0 Å². The largest absolute Gasteiger partial charge is 0.418 e. The maximum Gasteiger partial charge on any atom is 0.418 e. The maximum absolute atomic E-state index is 13.0. The van der Waals surface area contributed by atoms with Crippen LogP contribution in [0.2, 0.25) is 0 Å². The molecule has 1 aromatic heterocycles. The van der Waals surface area contributed by atoms with Crippen LogP contribution in [-0.2, 0) is 11.0 Å². The number of pyridine rings is 1. The molecule has 0 aliphatic heterocycles. The molecule has 1 heterocycles. The van der Waals surface area contributed by atoms with Gasteiger partial charge < -0.3 is 5.32 Å². The van der Waals surface area contributed by atoms with Gasteiger partial charge in [0.15, 0.2) is 0 Å². The number of para-hydroxylation sites is 1. The van der Waals surface area contributed by atoms with Gasteiger partial charge in [0.2, 0.25) is 5.91 Å². The fourth-order valence-corrected chi connectivity index (χ4v) is 3.37. The van der Waals surface area contributed by atoms with Crippen LogP contribution in [0, 0.1) is 18.3 Å². The molecule has 0 atom stereocenters. The minimum atomic E-state index is -4.57. The van der Waals surface area contributed by atoms with Gasteiger partial charge in [-0.3, -0.25) is 4.79 Å². The highest BCUT2D eigenvalue weighted by Gasteiger charge is 2.33. The van der Waals surface area contributed by atoms with E-state index in [-0.39, 0.29) is 11.4 Å². The smallest absolute Gasteiger partial charge is 0.325 e. The van der Waals surface area contributed by atoms with Gasteiger partial charge in [0.25, 0.3) is 0 Å². The van der Waals surface area contributed by atoms with Gasteiger partial charge in [-0.05, 0) is 36.8 Å². The number of aryl methyl sites for hydroxylation is 1. The summed E-state index contributed by atoms with van der Waals surface area (Å²) < 4.78 is 39.1. The molecule has 0 saturated heterocycles. The van der Waals surface area contributed by atoms with Gasteiger partial charge in [-0.1, -0.05) is 36.0 Å². The van der Waals surface area contributed by atoms with Crippen molar-refractivity contribution in [3.05, 3.63) is 65.2 Å². The second kappa shape index (κ2) is 7.90. The Labute approximate surface area is 163 Å². The number of hydrogen-bond acceptors (Lipinski definition) is 4. The van der Waals surface area contributed by atoms with Gasteiger partial charge in [-0.2, -0.15) is 18.4 Å². The Hall–Kier alpha value is -3.05. The number of nitrogens with one attached hydrogen (secondary N) is 1. The fourth-order valence-electron chi connectivity index (χ4n) is 2.61. The van der Waals surface area contributed by atoms with Crippen LogP contribution in [0.25, 0.3) is 10.9 Å². The molecule has 1 N–H and O–H groups in total. The van der Waals surface area contributed by atoms with Gasteiger partial charge in [-0.15, -0.1) is 0 Å². The standard InChI is InChI=1S/C20H14F3N3OS/c1-12-6-7-13-9-14(10-24)19(26-17(13)8-12)28-11-18(27)25-16-5-3-2-4-15(16)20(21,22)23/h2-9H,11H2,1H3,(H,25,27). The van der Waals surface area contributed by atoms with Gasteiger partial charge in [0, 0.05) is 5.39 Å². The summed E-state index contributed by atoms with van der Waals surface area (Å²) in [6.45, 7) is 1.91. The number of thioether (sulfide) groups is 1. The van der Waals surface area contributed by atoms with E-state index in [1.807, 2.05) is 31.2 Å². The lowest BCUT2D eigenvalue weighted by Gasteiger charge is -2.13. The normalized spacial score (nSPS) is 11.2.